The third kappa shape index (κ3) is 2.27. The zero-order valence-corrected chi connectivity index (χ0v) is 12.2. The van der Waals surface area contributed by atoms with Gasteiger partial charge in [-0.2, -0.15) is 0 Å². The van der Waals surface area contributed by atoms with Gasteiger partial charge in [-0.05, 0) is 36.6 Å². The van der Waals surface area contributed by atoms with Gasteiger partial charge in [-0.1, -0.05) is 6.92 Å². The number of hydrogen-bond donors (Lipinski definition) is 2. The second kappa shape index (κ2) is 5.57. The molecule has 0 spiro atoms. The van der Waals surface area contributed by atoms with Gasteiger partial charge in [0.05, 0.1) is 17.4 Å². The Morgan fingerprint density at radius 3 is 2.81 bits per heavy atom. The van der Waals surface area contributed by atoms with Crippen molar-refractivity contribution in [2.75, 3.05) is 0 Å². The molecule has 0 fully saturated rings. The number of carbonyl (C=O) groups is 2. The Labute approximate surface area is 122 Å². The first-order valence-corrected chi connectivity index (χ1v) is 6.74. The zero-order valence-electron chi connectivity index (χ0n) is 12.2. The van der Waals surface area contributed by atoms with Crippen LogP contribution in [0.15, 0.2) is 24.4 Å². The van der Waals surface area contributed by atoms with Crippen molar-refractivity contribution in [3.63, 3.8) is 0 Å². The summed E-state index contributed by atoms with van der Waals surface area (Å²) in [6, 6.07) is 5.34. The van der Waals surface area contributed by atoms with Crippen LogP contribution >= 0.6 is 0 Å². The van der Waals surface area contributed by atoms with Crippen LogP contribution in [0.4, 0.5) is 0 Å². The molecule has 1 atom stereocenters. The van der Waals surface area contributed by atoms with Gasteiger partial charge in [-0.3, -0.25) is 4.79 Å². The predicted molar refractivity (Wildman–Crippen MR) is 76.4 cm³/mol. The fraction of sp³-hybridized carbons (Fsp3) is 0.333. The summed E-state index contributed by atoms with van der Waals surface area (Å²) in [4.78, 5) is 26.6. The number of hydrogen-bond acceptors (Lipinski definition) is 3. The number of ketones is 1. The number of carbonyl (C=O) groups excluding carboxylic acids is 2. The highest BCUT2D eigenvalue weighted by molar-refractivity contribution is 6.08. The monoisotopic (exact) mass is 289 g/mol. The van der Waals surface area contributed by atoms with Gasteiger partial charge in [-0.15, -0.1) is 0 Å². The molecule has 1 aliphatic heterocycles. The van der Waals surface area contributed by atoms with Crippen LogP contribution in [0.2, 0.25) is 0 Å². The average Bonchev–Trinajstić information content (AvgIpc) is 3.12. The van der Waals surface area contributed by atoms with Crippen molar-refractivity contribution in [3.8, 4) is 0 Å². The molecule has 2 aromatic heterocycles. The maximum absolute atomic E-state index is 12.6. The van der Waals surface area contributed by atoms with Crippen LogP contribution in [0, 0.1) is 0 Å². The van der Waals surface area contributed by atoms with Crippen LogP contribution in [-0.4, -0.2) is 21.3 Å². The molecule has 0 saturated heterocycles. The lowest BCUT2D eigenvalue weighted by Gasteiger charge is -2.09. The number of quaternary nitrogens is 1. The Morgan fingerprint density at radius 2 is 2.24 bits per heavy atom. The molecule has 6 nitrogen and oxygen atoms in total. The predicted octanol–water partition coefficient (Wildman–Crippen LogP) is 1.22. The molecular formula is C15H19N3O3. The molecule has 5 N–H and O–H groups in total. The lowest BCUT2D eigenvalue weighted by molar-refractivity contribution is -0.307. The zero-order chi connectivity index (χ0) is 14.3. The van der Waals surface area contributed by atoms with Gasteiger partial charge < -0.3 is 25.6 Å². The smallest absolute Gasteiger partial charge is 0.225 e. The molecule has 3 rings (SSSR count). The van der Waals surface area contributed by atoms with Crippen molar-refractivity contribution in [1.82, 2.24) is 15.7 Å². The molecule has 1 unspecified atom stereocenters. The molecule has 1 aliphatic rings. The number of aryl methyl sites for hydroxylation is 1. The van der Waals surface area contributed by atoms with Crippen molar-refractivity contribution >= 4 is 11.8 Å². The topological polar surface area (TPSA) is 114 Å². The molecule has 0 saturated carbocycles. The van der Waals surface area contributed by atoms with E-state index in [0.717, 1.165) is 5.56 Å². The van der Waals surface area contributed by atoms with Gasteiger partial charge in [0.25, 0.3) is 0 Å². The molecule has 0 bridgehead atoms. The van der Waals surface area contributed by atoms with Crippen LogP contribution in [0.25, 0.3) is 0 Å². The number of carboxylic acid groups (broad SMARTS) is 1. The van der Waals surface area contributed by atoms with E-state index >= 15 is 0 Å². The summed E-state index contributed by atoms with van der Waals surface area (Å²) >= 11 is 0. The second-order valence-electron chi connectivity index (χ2n) is 5.02. The van der Waals surface area contributed by atoms with Crippen molar-refractivity contribution in [1.29, 1.82) is 0 Å². The van der Waals surface area contributed by atoms with Gasteiger partial charge in [-0.25, -0.2) is 0 Å². The highest BCUT2D eigenvalue weighted by atomic mass is 16.4. The highest BCUT2D eigenvalue weighted by Crippen LogP contribution is 2.33. The van der Waals surface area contributed by atoms with Crippen molar-refractivity contribution in [2.45, 2.75) is 32.2 Å². The average molecular weight is 289 g/mol. The molecule has 0 aromatic carbocycles. The fourth-order valence-corrected chi connectivity index (χ4v) is 2.94. The number of rotatable bonds is 4. The molecule has 21 heavy (non-hydrogen) atoms. The Kier molecular flexibility index (Phi) is 3.99. The number of carboxylic acids is 1. The summed E-state index contributed by atoms with van der Waals surface area (Å²) in [5, 5.41) is 11.2. The lowest BCUT2D eigenvalue weighted by atomic mass is 10.0. The SMILES string of the molecule is CCc1cc2n(c1C(=O)c1ccc[nH]1)CCC2C(=O)[O-].[NH4+]. The first-order valence-electron chi connectivity index (χ1n) is 6.74. The van der Waals surface area contributed by atoms with Crippen LogP contribution < -0.4 is 11.3 Å². The largest absolute Gasteiger partial charge is 0.549 e. The Morgan fingerprint density at radius 1 is 1.48 bits per heavy atom. The molecule has 0 amide bonds. The standard InChI is InChI=1S/C15H16N2O3.H3N/c1-2-9-8-12-10(15(19)20)5-7-17(12)13(9)14(18)11-4-3-6-16-11;/h3-4,6,8,10,16H,2,5,7H2,1H3,(H,19,20);1H3. The van der Waals surface area contributed by atoms with Crippen LogP contribution in [0.5, 0.6) is 0 Å². The Hall–Kier alpha value is -2.34. The molecule has 112 valence electrons. The number of nitrogens with one attached hydrogen (secondary N) is 1. The van der Waals surface area contributed by atoms with E-state index in [0.29, 0.717) is 36.5 Å². The first kappa shape index (κ1) is 15.1. The van der Waals surface area contributed by atoms with E-state index in [1.54, 1.807) is 18.3 Å². The summed E-state index contributed by atoms with van der Waals surface area (Å²) in [6.45, 7) is 2.51. The third-order valence-corrected chi connectivity index (χ3v) is 3.93. The number of fused-ring (bicyclic) bond motifs is 1. The lowest BCUT2D eigenvalue weighted by Crippen LogP contribution is -2.28. The molecular weight excluding hydrogens is 270 g/mol. The molecule has 3 heterocycles. The van der Waals surface area contributed by atoms with E-state index in [1.807, 2.05) is 17.6 Å². The van der Waals surface area contributed by atoms with Crippen molar-refractivity contribution < 1.29 is 14.7 Å². The van der Waals surface area contributed by atoms with E-state index in [-0.39, 0.29) is 11.9 Å². The fourth-order valence-electron chi connectivity index (χ4n) is 2.94. The van der Waals surface area contributed by atoms with Gasteiger partial charge in [0.15, 0.2) is 0 Å². The van der Waals surface area contributed by atoms with Crippen molar-refractivity contribution in [3.05, 3.63) is 47.0 Å². The van der Waals surface area contributed by atoms with Gasteiger partial charge >= 0.3 is 0 Å². The number of aromatic amines is 1. The summed E-state index contributed by atoms with van der Waals surface area (Å²) < 4.78 is 1.84. The molecule has 0 aliphatic carbocycles. The molecule has 6 heteroatoms. The van der Waals surface area contributed by atoms with E-state index in [2.05, 4.69) is 4.98 Å². The summed E-state index contributed by atoms with van der Waals surface area (Å²) in [5.74, 6) is -1.76. The number of nitrogens with zero attached hydrogens (tertiary/aromatic N) is 1. The number of aromatic nitrogens is 2. The van der Waals surface area contributed by atoms with E-state index in [4.69, 9.17) is 0 Å². The van der Waals surface area contributed by atoms with Gasteiger partial charge in [0, 0.05) is 24.4 Å². The Balaban J connectivity index is 0.00000161. The van der Waals surface area contributed by atoms with Gasteiger partial charge in [0.1, 0.15) is 0 Å². The normalized spacial score (nSPS) is 16.3. The highest BCUT2D eigenvalue weighted by Gasteiger charge is 2.30. The summed E-state index contributed by atoms with van der Waals surface area (Å²) in [6.07, 6.45) is 2.89. The van der Waals surface area contributed by atoms with Crippen LogP contribution in [0.1, 0.15) is 46.7 Å². The Bertz CT molecular complexity index is 671. The minimum atomic E-state index is -1.07. The number of aliphatic carboxylic acids is 1. The van der Waals surface area contributed by atoms with Crippen LogP contribution in [-0.2, 0) is 17.8 Å². The minimum absolute atomic E-state index is 0. The second-order valence-corrected chi connectivity index (χ2v) is 5.02. The van der Waals surface area contributed by atoms with E-state index in [1.165, 1.54) is 0 Å². The maximum atomic E-state index is 12.6. The minimum Gasteiger partial charge on any atom is -0.549 e. The van der Waals surface area contributed by atoms with Gasteiger partial charge in [0.2, 0.25) is 5.78 Å². The summed E-state index contributed by atoms with van der Waals surface area (Å²) in [7, 11) is 0. The molecule has 2 aromatic rings. The quantitative estimate of drug-likeness (QED) is 0.824. The van der Waals surface area contributed by atoms with E-state index in [9.17, 15) is 14.7 Å². The maximum Gasteiger partial charge on any atom is 0.225 e. The number of H-pyrrole nitrogens is 1. The van der Waals surface area contributed by atoms with Crippen molar-refractivity contribution in [2.24, 2.45) is 0 Å². The van der Waals surface area contributed by atoms with Crippen LogP contribution in [0.3, 0.4) is 0 Å². The van der Waals surface area contributed by atoms with E-state index < -0.39 is 11.9 Å². The third-order valence-electron chi connectivity index (χ3n) is 3.93. The first-order chi connectivity index (χ1) is 9.63. The summed E-state index contributed by atoms with van der Waals surface area (Å²) in [5.41, 5.74) is 2.72. The molecule has 0 radical (unpaired) electrons.